The molecule has 19 heavy (non-hydrogen) atoms. The summed E-state index contributed by atoms with van der Waals surface area (Å²) < 4.78 is 5.12. The Labute approximate surface area is 115 Å². The fraction of sp³-hybridized carbons (Fsp3) is 0.857. The first-order valence-corrected chi connectivity index (χ1v) is 6.82. The van der Waals surface area contributed by atoms with E-state index in [1.54, 1.807) is 25.9 Å². The fourth-order valence-corrected chi connectivity index (χ4v) is 2.59. The summed E-state index contributed by atoms with van der Waals surface area (Å²) >= 11 is 0. The maximum Gasteiger partial charge on any atom is 0.248 e. The summed E-state index contributed by atoms with van der Waals surface area (Å²) in [5.41, 5.74) is -0.824. The van der Waals surface area contributed by atoms with Crippen LogP contribution in [0.1, 0.15) is 34.6 Å². The second-order valence-corrected chi connectivity index (χ2v) is 6.32. The Morgan fingerprint density at radius 3 is 2.37 bits per heavy atom. The Kier molecular flexibility index (Phi) is 4.96. The van der Waals surface area contributed by atoms with E-state index in [0.29, 0.717) is 13.2 Å². The molecule has 0 aromatic carbocycles. The topological polar surface area (TPSA) is 58.6 Å². The van der Waals surface area contributed by atoms with E-state index in [2.05, 4.69) is 5.32 Å². The molecule has 2 atom stereocenters. The average molecular weight is 270 g/mol. The van der Waals surface area contributed by atoms with E-state index < -0.39 is 5.54 Å². The predicted molar refractivity (Wildman–Crippen MR) is 73.6 cm³/mol. The van der Waals surface area contributed by atoms with Gasteiger partial charge in [-0.25, -0.2) is 0 Å². The number of carbonyl (C=O) groups is 2. The summed E-state index contributed by atoms with van der Waals surface area (Å²) in [5, 5.41) is 2.81. The van der Waals surface area contributed by atoms with Crippen LogP contribution in [0, 0.1) is 11.8 Å². The summed E-state index contributed by atoms with van der Waals surface area (Å²) in [6.07, 6.45) is 0. The molecule has 1 aliphatic heterocycles. The quantitative estimate of drug-likeness (QED) is 0.812. The van der Waals surface area contributed by atoms with Gasteiger partial charge in [0.1, 0.15) is 11.6 Å². The maximum atomic E-state index is 12.5. The summed E-state index contributed by atoms with van der Waals surface area (Å²) in [4.78, 5) is 26.4. The van der Waals surface area contributed by atoms with Crippen molar-refractivity contribution in [3.8, 4) is 0 Å². The Morgan fingerprint density at radius 2 is 1.89 bits per heavy atom. The Balaban J connectivity index is 2.96. The summed E-state index contributed by atoms with van der Waals surface area (Å²) in [5.74, 6) is 0.213. The fourth-order valence-electron chi connectivity index (χ4n) is 2.59. The van der Waals surface area contributed by atoms with Crippen LogP contribution in [-0.2, 0) is 14.3 Å². The monoisotopic (exact) mass is 270 g/mol. The molecule has 0 radical (unpaired) electrons. The molecule has 1 N–H and O–H groups in total. The van der Waals surface area contributed by atoms with Crippen LogP contribution in [0.4, 0.5) is 0 Å². The normalized spacial score (nSPS) is 24.6. The predicted octanol–water partition coefficient (Wildman–Crippen LogP) is 1.03. The minimum Gasteiger partial charge on any atom is -0.384 e. The van der Waals surface area contributed by atoms with Gasteiger partial charge < -0.3 is 15.0 Å². The summed E-state index contributed by atoms with van der Waals surface area (Å²) in [6, 6.07) is -0.389. The molecule has 2 amide bonds. The van der Waals surface area contributed by atoms with Gasteiger partial charge in [0.05, 0.1) is 6.61 Å². The van der Waals surface area contributed by atoms with Gasteiger partial charge in [0.25, 0.3) is 0 Å². The second-order valence-electron chi connectivity index (χ2n) is 6.32. The van der Waals surface area contributed by atoms with Crippen molar-refractivity contribution >= 4 is 11.8 Å². The SMILES string of the molecule is COCC(C)CN1C(=O)C(C)(C)NC(=O)C1C(C)C. The third kappa shape index (κ3) is 3.47. The van der Waals surface area contributed by atoms with E-state index in [4.69, 9.17) is 4.74 Å². The Hall–Kier alpha value is -1.10. The molecule has 5 nitrogen and oxygen atoms in total. The lowest BCUT2D eigenvalue weighted by molar-refractivity contribution is -0.156. The number of hydrogen-bond acceptors (Lipinski definition) is 3. The molecule has 0 bridgehead atoms. The van der Waals surface area contributed by atoms with Gasteiger partial charge in [0.2, 0.25) is 11.8 Å². The van der Waals surface area contributed by atoms with E-state index >= 15 is 0 Å². The van der Waals surface area contributed by atoms with Crippen molar-refractivity contribution in [2.75, 3.05) is 20.3 Å². The lowest BCUT2D eigenvalue weighted by Crippen LogP contribution is -2.69. The van der Waals surface area contributed by atoms with Crippen LogP contribution < -0.4 is 5.32 Å². The number of methoxy groups -OCH3 is 1. The van der Waals surface area contributed by atoms with Crippen LogP contribution >= 0.6 is 0 Å². The molecule has 0 aromatic rings. The van der Waals surface area contributed by atoms with Crippen molar-refractivity contribution < 1.29 is 14.3 Å². The number of ether oxygens (including phenoxy) is 1. The van der Waals surface area contributed by atoms with Gasteiger partial charge in [-0.15, -0.1) is 0 Å². The van der Waals surface area contributed by atoms with Gasteiger partial charge in [0.15, 0.2) is 0 Å². The molecule has 110 valence electrons. The molecule has 1 fully saturated rings. The van der Waals surface area contributed by atoms with Gasteiger partial charge in [-0.2, -0.15) is 0 Å². The minimum atomic E-state index is -0.824. The molecular weight excluding hydrogens is 244 g/mol. The van der Waals surface area contributed by atoms with Gasteiger partial charge in [-0.1, -0.05) is 20.8 Å². The number of piperazine rings is 1. The van der Waals surface area contributed by atoms with Crippen molar-refractivity contribution in [3.63, 3.8) is 0 Å². The first-order valence-electron chi connectivity index (χ1n) is 6.82. The van der Waals surface area contributed by atoms with Crippen LogP contribution in [-0.4, -0.2) is 48.6 Å². The summed E-state index contributed by atoms with van der Waals surface area (Å²) in [6.45, 7) is 10.6. The molecule has 2 unspecified atom stereocenters. The number of rotatable bonds is 5. The third-order valence-electron chi connectivity index (χ3n) is 3.43. The van der Waals surface area contributed by atoms with Crippen molar-refractivity contribution in [1.29, 1.82) is 0 Å². The molecular formula is C14H26N2O3. The van der Waals surface area contributed by atoms with Crippen LogP contribution in [0.5, 0.6) is 0 Å². The van der Waals surface area contributed by atoms with Crippen LogP contribution in [0.15, 0.2) is 0 Å². The lowest BCUT2D eigenvalue weighted by atomic mass is 9.90. The minimum absolute atomic E-state index is 0.0197. The molecule has 1 heterocycles. The highest BCUT2D eigenvalue weighted by Gasteiger charge is 2.46. The zero-order chi connectivity index (χ0) is 14.8. The number of nitrogens with one attached hydrogen (secondary N) is 1. The lowest BCUT2D eigenvalue weighted by Gasteiger charge is -2.45. The highest BCUT2D eigenvalue weighted by Crippen LogP contribution is 2.23. The smallest absolute Gasteiger partial charge is 0.248 e. The molecule has 0 spiro atoms. The standard InChI is InChI=1S/C14H26N2O3/c1-9(2)11-12(17)15-14(4,5)13(18)16(11)7-10(3)8-19-6/h9-11H,7-8H2,1-6H3,(H,15,17). The number of nitrogens with zero attached hydrogens (tertiary/aromatic N) is 1. The molecule has 1 rings (SSSR count). The molecule has 5 heteroatoms. The van der Waals surface area contributed by atoms with Crippen LogP contribution in [0.2, 0.25) is 0 Å². The molecule has 0 aromatic heterocycles. The van der Waals surface area contributed by atoms with Crippen LogP contribution in [0.25, 0.3) is 0 Å². The molecule has 1 saturated heterocycles. The Morgan fingerprint density at radius 1 is 1.32 bits per heavy atom. The van der Waals surface area contributed by atoms with E-state index in [9.17, 15) is 9.59 Å². The van der Waals surface area contributed by atoms with E-state index in [1.165, 1.54) is 0 Å². The largest absolute Gasteiger partial charge is 0.384 e. The van der Waals surface area contributed by atoms with Gasteiger partial charge >= 0.3 is 0 Å². The number of carbonyl (C=O) groups excluding carboxylic acids is 2. The molecule has 0 saturated carbocycles. The zero-order valence-corrected chi connectivity index (χ0v) is 12.8. The van der Waals surface area contributed by atoms with Crippen LogP contribution in [0.3, 0.4) is 0 Å². The van der Waals surface area contributed by atoms with E-state index in [-0.39, 0.29) is 29.7 Å². The van der Waals surface area contributed by atoms with Crippen molar-refractivity contribution in [1.82, 2.24) is 10.2 Å². The highest BCUT2D eigenvalue weighted by molar-refractivity contribution is 5.99. The maximum absolute atomic E-state index is 12.5. The average Bonchev–Trinajstić information content (AvgIpc) is 2.24. The molecule has 1 aliphatic rings. The van der Waals surface area contributed by atoms with Gasteiger partial charge in [0, 0.05) is 13.7 Å². The van der Waals surface area contributed by atoms with Gasteiger partial charge in [-0.3, -0.25) is 9.59 Å². The number of amides is 2. The van der Waals surface area contributed by atoms with E-state index in [1.807, 2.05) is 20.8 Å². The van der Waals surface area contributed by atoms with Crippen molar-refractivity contribution in [2.45, 2.75) is 46.2 Å². The van der Waals surface area contributed by atoms with Crippen molar-refractivity contribution in [3.05, 3.63) is 0 Å². The highest BCUT2D eigenvalue weighted by atomic mass is 16.5. The first-order chi connectivity index (χ1) is 8.70. The number of hydrogen-bond donors (Lipinski definition) is 1. The van der Waals surface area contributed by atoms with E-state index in [0.717, 1.165) is 0 Å². The zero-order valence-electron chi connectivity index (χ0n) is 12.8. The summed E-state index contributed by atoms with van der Waals surface area (Å²) in [7, 11) is 1.64. The van der Waals surface area contributed by atoms with Gasteiger partial charge in [-0.05, 0) is 25.7 Å². The van der Waals surface area contributed by atoms with Crippen molar-refractivity contribution in [2.24, 2.45) is 11.8 Å². The first kappa shape index (κ1) is 16.0. The third-order valence-corrected chi connectivity index (χ3v) is 3.43. The second kappa shape index (κ2) is 5.90. The molecule has 0 aliphatic carbocycles. The Bertz CT molecular complexity index is 353.